The summed E-state index contributed by atoms with van der Waals surface area (Å²) >= 11 is 0. The monoisotopic (exact) mass is 262 g/mol. The molecule has 0 amide bonds. The van der Waals surface area contributed by atoms with Crippen LogP contribution >= 0.6 is 0 Å². The van der Waals surface area contributed by atoms with Crippen molar-refractivity contribution < 1.29 is 18.8 Å². The maximum atomic E-state index is 12.9. The lowest BCUT2D eigenvalue weighted by Crippen LogP contribution is -1.95. The molecule has 0 spiro atoms. The topological polar surface area (TPSA) is 82.3 Å². The van der Waals surface area contributed by atoms with Gasteiger partial charge in [-0.25, -0.2) is 4.39 Å². The molecule has 0 unspecified atom stereocenters. The van der Waals surface area contributed by atoms with E-state index in [9.17, 15) is 19.3 Å². The number of halogens is 1. The Hall–Kier alpha value is -2.83. The van der Waals surface area contributed by atoms with Crippen LogP contribution in [0.1, 0.15) is 10.4 Å². The number of aldehydes is 1. The zero-order valence-electron chi connectivity index (χ0n) is 9.45. The van der Waals surface area contributed by atoms with Gasteiger partial charge in [-0.05, 0) is 18.2 Å². The van der Waals surface area contributed by atoms with E-state index in [4.69, 9.17) is 4.74 Å². The van der Waals surface area contributed by atoms with Crippen LogP contribution in [0.3, 0.4) is 0 Å². The molecular formula is C12H7FN2O4. The van der Waals surface area contributed by atoms with Gasteiger partial charge in [0.05, 0.1) is 17.2 Å². The van der Waals surface area contributed by atoms with Gasteiger partial charge < -0.3 is 4.74 Å². The van der Waals surface area contributed by atoms with Gasteiger partial charge in [-0.2, -0.15) is 0 Å². The van der Waals surface area contributed by atoms with Gasteiger partial charge in [0.15, 0.2) is 6.29 Å². The predicted molar refractivity (Wildman–Crippen MR) is 62.8 cm³/mol. The highest BCUT2D eigenvalue weighted by Crippen LogP contribution is 2.31. The van der Waals surface area contributed by atoms with Crippen molar-refractivity contribution in [3.8, 4) is 11.5 Å². The minimum atomic E-state index is -0.755. The van der Waals surface area contributed by atoms with Crippen LogP contribution < -0.4 is 4.74 Å². The Kier molecular flexibility index (Phi) is 3.46. The van der Waals surface area contributed by atoms with E-state index < -0.39 is 16.4 Å². The third-order valence-corrected chi connectivity index (χ3v) is 2.22. The molecule has 19 heavy (non-hydrogen) atoms. The molecule has 0 atom stereocenters. The maximum Gasteiger partial charge on any atom is 0.314 e. The number of ether oxygens (including phenoxy) is 1. The molecule has 1 heterocycles. The first-order valence-corrected chi connectivity index (χ1v) is 5.12. The normalized spacial score (nSPS) is 9.95. The van der Waals surface area contributed by atoms with Crippen LogP contribution in [0, 0.1) is 15.9 Å². The summed E-state index contributed by atoms with van der Waals surface area (Å²) in [5.41, 5.74) is -0.237. The summed E-state index contributed by atoms with van der Waals surface area (Å²) in [5, 5.41) is 10.8. The molecule has 0 fully saturated rings. The van der Waals surface area contributed by atoms with Crippen LogP contribution in [0.5, 0.6) is 11.5 Å². The van der Waals surface area contributed by atoms with E-state index in [1.165, 1.54) is 18.5 Å². The number of rotatable bonds is 4. The number of pyridine rings is 1. The van der Waals surface area contributed by atoms with Gasteiger partial charge in [0.1, 0.15) is 11.6 Å². The van der Waals surface area contributed by atoms with Crippen molar-refractivity contribution in [2.75, 3.05) is 0 Å². The van der Waals surface area contributed by atoms with E-state index >= 15 is 0 Å². The molecule has 0 N–H and O–H groups in total. The van der Waals surface area contributed by atoms with Crippen LogP contribution in [0.25, 0.3) is 0 Å². The Balaban J connectivity index is 2.37. The zero-order chi connectivity index (χ0) is 13.8. The van der Waals surface area contributed by atoms with Gasteiger partial charge in [0, 0.05) is 11.8 Å². The smallest absolute Gasteiger partial charge is 0.314 e. The molecule has 0 saturated carbocycles. The largest absolute Gasteiger partial charge is 0.448 e. The Morgan fingerprint density at radius 3 is 2.79 bits per heavy atom. The number of aromatic nitrogens is 1. The Morgan fingerprint density at radius 1 is 1.32 bits per heavy atom. The number of nitrogens with zero attached hydrogens (tertiary/aromatic N) is 2. The van der Waals surface area contributed by atoms with Gasteiger partial charge in [0.2, 0.25) is 5.75 Å². The molecular weight excluding hydrogens is 255 g/mol. The highest BCUT2D eigenvalue weighted by Gasteiger charge is 2.17. The van der Waals surface area contributed by atoms with Gasteiger partial charge in [-0.3, -0.25) is 19.9 Å². The summed E-state index contributed by atoms with van der Waals surface area (Å²) in [6, 6.07) is 4.31. The third kappa shape index (κ3) is 2.89. The van der Waals surface area contributed by atoms with Crippen molar-refractivity contribution in [3.05, 3.63) is 58.2 Å². The molecule has 0 radical (unpaired) electrons. The number of nitro groups is 1. The summed E-state index contributed by atoms with van der Waals surface area (Å²) in [7, 11) is 0. The molecule has 2 aromatic rings. The molecule has 0 saturated heterocycles. The first-order chi connectivity index (χ1) is 9.10. The van der Waals surface area contributed by atoms with Crippen molar-refractivity contribution in [3.63, 3.8) is 0 Å². The minimum absolute atomic E-state index is 0.128. The van der Waals surface area contributed by atoms with Crippen molar-refractivity contribution in [2.45, 2.75) is 0 Å². The number of carbonyl (C=O) groups is 1. The highest BCUT2D eigenvalue weighted by atomic mass is 19.1. The first-order valence-electron chi connectivity index (χ1n) is 5.12. The summed E-state index contributed by atoms with van der Waals surface area (Å²) < 4.78 is 18.2. The molecule has 7 heteroatoms. The van der Waals surface area contributed by atoms with E-state index in [0.717, 1.165) is 18.2 Å². The molecule has 0 aliphatic heterocycles. The Morgan fingerprint density at radius 2 is 2.11 bits per heavy atom. The van der Waals surface area contributed by atoms with Crippen LogP contribution in [-0.4, -0.2) is 16.2 Å². The number of hydrogen-bond acceptors (Lipinski definition) is 5. The second-order valence-corrected chi connectivity index (χ2v) is 3.54. The van der Waals surface area contributed by atoms with Gasteiger partial charge in [-0.15, -0.1) is 0 Å². The molecule has 0 aliphatic rings. The first kappa shape index (κ1) is 12.6. The summed E-state index contributed by atoms with van der Waals surface area (Å²) in [6.07, 6.45) is 3.18. The van der Waals surface area contributed by atoms with Crippen molar-refractivity contribution >= 4 is 12.0 Å². The molecule has 0 aliphatic carbocycles. The van der Waals surface area contributed by atoms with Crippen LogP contribution in [0.2, 0.25) is 0 Å². The van der Waals surface area contributed by atoms with E-state index in [1.54, 1.807) is 0 Å². The van der Waals surface area contributed by atoms with Crippen molar-refractivity contribution in [2.24, 2.45) is 0 Å². The fourth-order valence-corrected chi connectivity index (χ4v) is 1.40. The summed E-state index contributed by atoms with van der Waals surface area (Å²) in [5.74, 6) is -0.714. The SMILES string of the molecule is O=Cc1cncc(Oc2ccc(F)cc2[N+](=O)[O-])c1. The van der Waals surface area contributed by atoms with E-state index in [1.807, 2.05) is 0 Å². The third-order valence-electron chi connectivity index (χ3n) is 2.22. The Labute approximate surface area is 106 Å². The summed E-state index contributed by atoms with van der Waals surface area (Å²) in [6.45, 7) is 0. The van der Waals surface area contributed by atoms with Gasteiger partial charge in [0.25, 0.3) is 0 Å². The van der Waals surface area contributed by atoms with E-state index in [0.29, 0.717) is 6.29 Å². The molecule has 2 rings (SSSR count). The quantitative estimate of drug-likeness (QED) is 0.480. The van der Waals surface area contributed by atoms with Crippen molar-refractivity contribution in [1.82, 2.24) is 4.98 Å². The number of nitro benzene ring substituents is 1. The van der Waals surface area contributed by atoms with E-state index in [-0.39, 0.29) is 17.1 Å². The average Bonchev–Trinajstić information content (AvgIpc) is 2.41. The lowest BCUT2D eigenvalue weighted by atomic mass is 10.3. The highest BCUT2D eigenvalue weighted by molar-refractivity contribution is 5.74. The number of benzene rings is 1. The van der Waals surface area contributed by atoms with Crippen LogP contribution in [0.4, 0.5) is 10.1 Å². The molecule has 6 nitrogen and oxygen atoms in total. The van der Waals surface area contributed by atoms with E-state index in [2.05, 4.69) is 4.98 Å². The fourth-order valence-electron chi connectivity index (χ4n) is 1.40. The Bertz CT molecular complexity index is 645. The van der Waals surface area contributed by atoms with Crippen molar-refractivity contribution in [1.29, 1.82) is 0 Å². The molecule has 1 aromatic heterocycles. The molecule has 0 bridgehead atoms. The van der Waals surface area contributed by atoms with Crippen LogP contribution in [-0.2, 0) is 0 Å². The van der Waals surface area contributed by atoms with Crippen LogP contribution in [0.15, 0.2) is 36.7 Å². The number of carbonyl (C=O) groups excluding carboxylic acids is 1. The summed E-state index contributed by atoms with van der Waals surface area (Å²) in [4.78, 5) is 24.3. The molecule has 96 valence electrons. The standard InChI is InChI=1S/C12H7FN2O4/c13-9-1-2-12(11(4-9)15(17)18)19-10-3-8(7-16)5-14-6-10/h1-7H. The second-order valence-electron chi connectivity index (χ2n) is 3.54. The second kappa shape index (κ2) is 5.21. The average molecular weight is 262 g/mol. The number of hydrogen-bond donors (Lipinski definition) is 0. The lowest BCUT2D eigenvalue weighted by Gasteiger charge is -2.06. The lowest BCUT2D eigenvalue weighted by molar-refractivity contribution is -0.385. The predicted octanol–water partition coefficient (Wildman–Crippen LogP) is 2.73. The van der Waals surface area contributed by atoms with Gasteiger partial charge in [-0.1, -0.05) is 0 Å². The maximum absolute atomic E-state index is 12.9. The molecule has 1 aromatic carbocycles. The minimum Gasteiger partial charge on any atom is -0.448 e. The fraction of sp³-hybridized carbons (Fsp3) is 0. The van der Waals surface area contributed by atoms with Gasteiger partial charge >= 0.3 is 5.69 Å². The zero-order valence-corrected chi connectivity index (χ0v) is 9.45.